The van der Waals surface area contributed by atoms with Gasteiger partial charge in [0.15, 0.2) is 0 Å². The highest BCUT2D eigenvalue weighted by Gasteiger charge is 2.13. The van der Waals surface area contributed by atoms with Gasteiger partial charge in [-0.15, -0.1) is 0 Å². The second kappa shape index (κ2) is 10.9. The molecule has 0 aromatic heterocycles. The molecule has 3 heteroatoms. The zero-order valence-electron chi connectivity index (χ0n) is 10.6. The summed E-state index contributed by atoms with van der Waals surface area (Å²) in [5.74, 6) is -0.663. The van der Waals surface area contributed by atoms with Crippen LogP contribution in [-0.4, -0.2) is 17.1 Å². The molecule has 0 spiro atoms. The molecule has 0 atom stereocenters. The van der Waals surface area contributed by atoms with Crippen molar-refractivity contribution in [3.63, 3.8) is 0 Å². The molecule has 0 unspecified atom stereocenters. The highest BCUT2D eigenvalue weighted by atomic mass is 16.4. The van der Waals surface area contributed by atoms with Gasteiger partial charge in [-0.2, -0.15) is 0 Å². The molecule has 3 nitrogen and oxygen atoms in total. The second-order valence-corrected chi connectivity index (χ2v) is 4.60. The molecule has 0 amide bonds. The zero-order valence-corrected chi connectivity index (χ0v) is 10.6. The van der Waals surface area contributed by atoms with Gasteiger partial charge in [0, 0.05) is 12.5 Å². The van der Waals surface area contributed by atoms with Gasteiger partial charge in [0.2, 0.25) is 0 Å². The average molecular weight is 229 g/mol. The Balaban J connectivity index is 0.000000462. The maximum atomic E-state index is 10.1. The summed E-state index contributed by atoms with van der Waals surface area (Å²) in [5.41, 5.74) is 5.22. The van der Waals surface area contributed by atoms with Crippen LogP contribution in [0, 0.1) is 0 Å². The van der Waals surface area contributed by atoms with Gasteiger partial charge in [0.1, 0.15) is 0 Å². The summed E-state index contributed by atoms with van der Waals surface area (Å²) in [6.07, 6.45) is 11.2. The molecule has 1 fully saturated rings. The van der Waals surface area contributed by atoms with Gasteiger partial charge in [-0.05, 0) is 19.3 Å². The lowest BCUT2D eigenvalue weighted by Crippen LogP contribution is -1.94. The number of hydrogen-bond donors (Lipinski definition) is 2. The van der Waals surface area contributed by atoms with Gasteiger partial charge < -0.3 is 10.8 Å². The first-order chi connectivity index (χ1) is 7.66. The molecule has 0 heterocycles. The molecular weight excluding hydrogens is 202 g/mol. The smallest absolute Gasteiger partial charge is 0.303 e. The van der Waals surface area contributed by atoms with Crippen LogP contribution in [0.4, 0.5) is 0 Å². The third-order valence-electron chi connectivity index (χ3n) is 2.62. The first-order valence-electron chi connectivity index (χ1n) is 6.64. The van der Waals surface area contributed by atoms with E-state index in [9.17, 15) is 4.79 Å². The van der Waals surface area contributed by atoms with E-state index in [4.69, 9.17) is 10.8 Å². The predicted molar refractivity (Wildman–Crippen MR) is 67.5 cm³/mol. The van der Waals surface area contributed by atoms with Gasteiger partial charge in [-0.3, -0.25) is 4.79 Å². The van der Waals surface area contributed by atoms with Crippen molar-refractivity contribution in [1.29, 1.82) is 0 Å². The Bertz CT molecular complexity index is 167. The number of nitrogens with two attached hydrogens (primary N) is 1. The first-order valence-corrected chi connectivity index (χ1v) is 6.64. The van der Waals surface area contributed by atoms with Gasteiger partial charge in [-0.1, -0.05) is 45.4 Å². The normalized spacial score (nSPS) is 14.1. The summed E-state index contributed by atoms with van der Waals surface area (Å²) in [6, 6.07) is 0.583. The molecule has 0 bridgehead atoms. The maximum Gasteiger partial charge on any atom is 0.303 e. The lowest BCUT2D eigenvalue weighted by Gasteiger charge is -1.98. The van der Waals surface area contributed by atoms with E-state index in [1.807, 2.05) is 0 Å². The summed E-state index contributed by atoms with van der Waals surface area (Å²) in [7, 11) is 0. The molecule has 0 saturated heterocycles. The highest BCUT2D eigenvalue weighted by molar-refractivity contribution is 5.66. The van der Waals surface area contributed by atoms with E-state index in [1.165, 1.54) is 44.9 Å². The number of aliphatic carboxylic acids is 1. The molecular formula is C13H27NO2. The minimum absolute atomic E-state index is 0.341. The van der Waals surface area contributed by atoms with Crippen molar-refractivity contribution in [3.8, 4) is 0 Å². The minimum Gasteiger partial charge on any atom is -0.481 e. The fourth-order valence-corrected chi connectivity index (χ4v) is 1.33. The topological polar surface area (TPSA) is 63.3 Å². The van der Waals surface area contributed by atoms with E-state index < -0.39 is 5.97 Å². The van der Waals surface area contributed by atoms with Crippen LogP contribution in [0.25, 0.3) is 0 Å². The van der Waals surface area contributed by atoms with Crippen LogP contribution in [-0.2, 0) is 4.79 Å². The summed E-state index contributed by atoms with van der Waals surface area (Å²) in [4.78, 5) is 10.1. The van der Waals surface area contributed by atoms with E-state index in [-0.39, 0.29) is 0 Å². The molecule has 96 valence electrons. The monoisotopic (exact) mass is 229 g/mol. The number of carboxylic acid groups (broad SMARTS) is 1. The molecule has 0 radical (unpaired) electrons. The van der Waals surface area contributed by atoms with E-state index in [2.05, 4.69) is 6.92 Å². The van der Waals surface area contributed by atoms with Crippen molar-refractivity contribution in [2.24, 2.45) is 5.73 Å². The lowest BCUT2D eigenvalue weighted by molar-refractivity contribution is -0.137. The van der Waals surface area contributed by atoms with Crippen LogP contribution in [0.1, 0.15) is 71.1 Å². The van der Waals surface area contributed by atoms with Crippen molar-refractivity contribution in [2.45, 2.75) is 77.2 Å². The first kappa shape index (κ1) is 15.4. The zero-order chi connectivity index (χ0) is 12.2. The Labute approximate surface area is 99.4 Å². The van der Waals surface area contributed by atoms with Crippen LogP contribution < -0.4 is 5.73 Å². The van der Waals surface area contributed by atoms with Crippen LogP contribution in [0.3, 0.4) is 0 Å². The van der Waals surface area contributed by atoms with Crippen molar-refractivity contribution in [3.05, 3.63) is 0 Å². The van der Waals surface area contributed by atoms with Crippen molar-refractivity contribution >= 4 is 5.97 Å². The summed E-state index contributed by atoms with van der Waals surface area (Å²) >= 11 is 0. The van der Waals surface area contributed by atoms with Crippen molar-refractivity contribution < 1.29 is 9.90 Å². The SMILES string of the molecule is CCCCCCCCCC(=O)O.NC1CC1. The second-order valence-electron chi connectivity index (χ2n) is 4.60. The maximum absolute atomic E-state index is 10.1. The quantitative estimate of drug-likeness (QED) is 0.628. The lowest BCUT2D eigenvalue weighted by atomic mass is 10.1. The van der Waals surface area contributed by atoms with E-state index in [1.54, 1.807) is 0 Å². The van der Waals surface area contributed by atoms with E-state index in [0.29, 0.717) is 12.5 Å². The largest absolute Gasteiger partial charge is 0.481 e. The molecule has 0 aliphatic heterocycles. The fraction of sp³-hybridized carbons (Fsp3) is 0.923. The number of hydrogen-bond acceptors (Lipinski definition) is 2. The van der Waals surface area contributed by atoms with Gasteiger partial charge in [-0.25, -0.2) is 0 Å². The Morgan fingerprint density at radius 3 is 1.94 bits per heavy atom. The Morgan fingerprint density at radius 2 is 1.56 bits per heavy atom. The molecule has 16 heavy (non-hydrogen) atoms. The summed E-state index contributed by atoms with van der Waals surface area (Å²) in [6.45, 7) is 2.20. The molecule has 1 aliphatic rings. The number of carbonyl (C=O) groups is 1. The minimum atomic E-state index is -0.663. The Kier molecular flexibility index (Phi) is 10.5. The van der Waals surface area contributed by atoms with Crippen LogP contribution in [0.5, 0.6) is 0 Å². The summed E-state index contributed by atoms with van der Waals surface area (Å²) in [5, 5.41) is 8.35. The number of unbranched alkanes of at least 4 members (excludes halogenated alkanes) is 6. The number of carboxylic acids is 1. The van der Waals surface area contributed by atoms with Crippen LogP contribution in [0.2, 0.25) is 0 Å². The van der Waals surface area contributed by atoms with Crippen molar-refractivity contribution in [1.82, 2.24) is 0 Å². The predicted octanol–water partition coefficient (Wildman–Crippen LogP) is 3.32. The molecule has 1 rings (SSSR count). The van der Waals surface area contributed by atoms with E-state index >= 15 is 0 Å². The third kappa shape index (κ3) is 15.9. The molecule has 1 aliphatic carbocycles. The molecule has 0 aromatic carbocycles. The Hall–Kier alpha value is -0.570. The Morgan fingerprint density at radius 1 is 1.12 bits per heavy atom. The van der Waals surface area contributed by atoms with E-state index in [0.717, 1.165) is 12.8 Å². The van der Waals surface area contributed by atoms with Crippen molar-refractivity contribution in [2.75, 3.05) is 0 Å². The standard InChI is InChI=1S/C10H20O2.C3H7N/c1-2-3-4-5-6-7-8-9-10(11)12;4-3-1-2-3/h2-9H2,1H3,(H,11,12);3H,1-2,4H2. The summed E-state index contributed by atoms with van der Waals surface area (Å²) < 4.78 is 0. The molecule has 3 N–H and O–H groups in total. The van der Waals surface area contributed by atoms with Gasteiger partial charge >= 0.3 is 5.97 Å². The van der Waals surface area contributed by atoms with Gasteiger partial charge in [0.25, 0.3) is 0 Å². The highest BCUT2D eigenvalue weighted by Crippen LogP contribution is 2.13. The molecule has 1 saturated carbocycles. The van der Waals surface area contributed by atoms with Crippen LogP contribution in [0.15, 0.2) is 0 Å². The number of rotatable bonds is 8. The average Bonchev–Trinajstić information content (AvgIpc) is 3.00. The molecule has 0 aromatic rings. The van der Waals surface area contributed by atoms with Crippen LogP contribution >= 0.6 is 0 Å². The van der Waals surface area contributed by atoms with Gasteiger partial charge in [0.05, 0.1) is 0 Å². The fourth-order valence-electron chi connectivity index (χ4n) is 1.33. The third-order valence-corrected chi connectivity index (χ3v) is 2.62.